The van der Waals surface area contributed by atoms with Gasteiger partial charge in [0.2, 0.25) is 0 Å². The van der Waals surface area contributed by atoms with Crippen LogP contribution in [0.25, 0.3) is 10.8 Å². The van der Waals surface area contributed by atoms with E-state index in [2.05, 4.69) is 26.3 Å². The molecule has 3 aromatic rings. The Hall–Kier alpha value is -2.14. The minimum absolute atomic E-state index is 0.0922. The predicted molar refractivity (Wildman–Crippen MR) is 86.0 cm³/mol. The largest absolute Gasteiger partial charge is 0.346 e. The average molecular weight is 344 g/mol. The molecule has 0 aliphatic heterocycles. The van der Waals surface area contributed by atoms with Crippen LogP contribution in [0.4, 0.5) is 0 Å². The zero-order valence-electron chi connectivity index (χ0n) is 11.5. The number of benzene rings is 2. The third-order valence-electron chi connectivity index (χ3n) is 3.26. The molecule has 2 aromatic carbocycles. The number of aromatic nitrogens is 2. The maximum Gasteiger partial charge on any atom is 0.251 e. The van der Waals surface area contributed by atoms with Gasteiger partial charge in [-0.15, -0.1) is 0 Å². The topological polar surface area (TPSA) is 46.9 Å². The Morgan fingerprint density at radius 2 is 1.95 bits per heavy atom. The van der Waals surface area contributed by atoms with Crippen LogP contribution in [-0.4, -0.2) is 15.7 Å². The number of hydrogen-bond donors (Lipinski definition) is 1. The van der Waals surface area contributed by atoms with E-state index in [0.717, 1.165) is 20.9 Å². The SMILES string of the molecule is Cn1ccc(CNC(=O)c2ccc3cc(Br)ccc3c2)n1. The summed E-state index contributed by atoms with van der Waals surface area (Å²) in [5, 5.41) is 9.26. The number of amides is 1. The van der Waals surface area contributed by atoms with Crippen molar-refractivity contribution in [2.24, 2.45) is 7.05 Å². The molecule has 0 unspecified atom stereocenters. The van der Waals surface area contributed by atoms with E-state index >= 15 is 0 Å². The fourth-order valence-corrected chi connectivity index (χ4v) is 2.57. The van der Waals surface area contributed by atoms with E-state index in [-0.39, 0.29) is 5.91 Å². The third kappa shape index (κ3) is 3.13. The fourth-order valence-electron chi connectivity index (χ4n) is 2.19. The number of carbonyl (C=O) groups excluding carboxylic acids is 1. The standard InChI is InChI=1S/C16H14BrN3O/c1-20-7-6-15(19-20)10-18-16(21)13-3-2-12-9-14(17)5-4-11(12)8-13/h2-9H,10H2,1H3,(H,18,21). The van der Waals surface area contributed by atoms with Crippen molar-refractivity contribution in [3.63, 3.8) is 0 Å². The monoisotopic (exact) mass is 343 g/mol. The van der Waals surface area contributed by atoms with E-state index in [1.807, 2.05) is 55.7 Å². The molecule has 1 aromatic heterocycles. The van der Waals surface area contributed by atoms with Gasteiger partial charge in [-0.3, -0.25) is 9.48 Å². The zero-order valence-corrected chi connectivity index (χ0v) is 13.1. The van der Waals surface area contributed by atoms with E-state index in [1.165, 1.54) is 0 Å². The lowest BCUT2D eigenvalue weighted by atomic mass is 10.1. The second kappa shape index (κ2) is 5.69. The zero-order chi connectivity index (χ0) is 14.8. The van der Waals surface area contributed by atoms with Gasteiger partial charge in [-0.1, -0.05) is 28.1 Å². The van der Waals surface area contributed by atoms with Crippen molar-refractivity contribution in [3.8, 4) is 0 Å². The summed E-state index contributed by atoms with van der Waals surface area (Å²) in [6, 6.07) is 13.6. The number of nitrogens with one attached hydrogen (secondary N) is 1. The lowest BCUT2D eigenvalue weighted by molar-refractivity contribution is 0.0950. The molecule has 0 aliphatic carbocycles. The molecule has 1 amide bonds. The molecule has 0 aliphatic rings. The van der Waals surface area contributed by atoms with Crippen molar-refractivity contribution in [3.05, 3.63) is 64.4 Å². The van der Waals surface area contributed by atoms with E-state index in [0.29, 0.717) is 12.1 Å². The highest BCUT2D eigenvalue weighted by Gasteiger charge is 2.07. The summed E-state index contributed by atoms with van der Waals surface area (Å²) in [7, 11) is 1.85. The van der Waals surface area contributed by atoms with E-state index in [9.17, 15) is 4.79 Å². The molecule has 1 N–H and O–H groups in total. The molecule has 0 radical (unpaired) electrons. The van der Waals surface area contributed by atoms with Crippen molar-refractivity contribution in [1.82, 2.24) is 15.1 Å². The first kappa shape index (κ1) is 13.8. The Labute approximate surface area is 130 Å². The highest BCUT2D eigenvalue weighted by Crippen LogP contribution is 2.21. The van der Waals surface area contributed by atoms with Crippen LogP contribution in [0, 0.1) is 0 Å². The summed E-state index contributed by atoms with van der Waals surface area (Å²) in [4.78, 5) is 12.2. The van der Waals surface area contributed by atoms with Crippen molar-refractivity contribution in [2.45, 2.75) is 6.54 Å². The van der Waals surface area contributed by atoms with Gasteiger partial charge in [-0.2, -0.15) is 5.10 Å². The Bertz CT molecular complexity index is 810. The number of fused-ring (bicyclic) bond motifs is 1. The lowest BCUT2D eigenvalue weighted by Gasteiger charge is -2.05. The third-order valence-corrected chi connectivity index (χ3v) is 3.76. The highest BCUT2D eigenvalue weighted by atomic mass is 79.9. The molecule has 0 saturated heterocycles. The molecule has 5 heteroatoms. The van der Waals surface area contributed by atoms with Crippen LogP contribution >= 0.6 is 15.9 Å². The Morgan fingerprint density at radius 1 is 1.19 bits per heavy atom. The Morgan fingerprint density at radius 3 is 2.71 bits per heavy atom. The van der Waals surface area contributed by atoms with Crippen molar-refractivity contribution in [2.75, 3.05) is 0 Å². The Balaban J connectivity index is 1.76. The van der Waals surface area contributed by atoms with E-state index in [4.69, 9.17) is 0 Å². The molecule has 106 valence electrons. The van der Waals surface area contributed by atoms with Crippen LogP contribution in [0.1, 0.15) is 16.1 Å². The number of hydrogen-bond acceptors (Lipinski definition) is 2. The van der Waals surface area contributed by atoms with Crippen LogP contribution in [0.3, 0.4) is 0 Å². The van der Waals surface area contributed by atoms with E-state index in [1.54, 1.807) is 4.68 Å². The second-order valence-electron chi connectivity index (χ2n) is 4.87. The minimum atomic E-state index is -0.0922. The maximum atomic E-state index is 12.2. The molecule has 0 saturated carbocycles. The smallest absolute Gasteiger partial charge is 0.251 e. The number of aryl methyl sites for hydroxylation is 1. The van der Waals surface area contributed by atoms with Crippen LogP contribution in [0.2, 0.25) is 0 Å². The molecule has 0 bridgehead atoms. The summed E-state index contributed by atoms with van der Waals surface area (Å²) in [5.41, 5.74) is 1.50. The fraction of sp³-hybridized carbons (Fsp3) is 0.125. The molecule has 0 atom stereocenters. The van der Waals surface area contributed by atoms with Crippen LogP contribution in [0.15, 0.2) is 53.1 Å². The molecule has 4 nitrogen and oxygen atoms in total. The second-order valence-corrected chi connectivity index (χ2v) is 5.79. The van der Waals surface area contributed by atoms with Gasteiger partial charge >= 0.3 is 0 Å². The van der Waals surface area contributed by atoms with Crippen LogP contribution in [0.5, 0.6) is 0 Å². The normalized spacial score (nSPS) is 10.8. The quantitative estimate of drug-likeness (QED) is 0.793. The van der Waals surface area contributed by atoms with Gasteiger partial charge in [0, 0.05) is 23.3 Å². The van der Waals surface area contributed by atoms with Crippen molar-refractivity contribution < 1.29 is 4.79 Å². The summed E-state index contributed by atoms with van der Waals surface area (Å²) in [6.45, 7) is 0.429. The average Bonchev–Trinajstić information content (AvgIpc) is 2.90. The number of nitrogens with zero attached hydrogens (tertiary/aromatic N) is 2. The van der Waals surface area contributed by atoms with Gasteiger partial charge < -0.3 is 5.32 Å². The first-order valence-corrected chi connectivity index (χ1v) is 7.37. The maximum absolute atomic E-state index is 12.2. The molecule has 1 heterocycles. The van der Waals surface area contributed by atoms with E-state index < -0.39 is 0 Å². The minimum Gasteiger partial charge on any atom is -0.346 e. The number of halogens is 1. The lowest BCUT2D eigenvalue weighted by Crippen LogP contribution is -2.23. The first-order valence-electron chi connectivity index (χ1n) is 6.58. The summed E-state index contributed by atoms with van der Waals surface area (Å²) in [6.07, 6.45) is 1.86. The van der Waals surface area contributed by atoms with Gasteiger partial charge in [-0.05, 0) is 41.1 Å². The summed E-state index contributed by atoms with van der Waals surface area (Å²) in [5.74, 6) is -0.0922. The Kier molecular flexibility index (Phi) is 3.75. The van der Waals surface area contributed by atoms with Gasteiger partial charge in [0.25, 0.3) is 5.91 Å². The molecular weight excluding hydrogens is 330 g/mol. The van der Waals surface area contributed by atoms with Crippen molar-refractivity contribution >= 4 is 32.6 Å². The van der Waals surface area contributed by atoms with Gasteiger partial charge in [0.15, 0.2) is 0 Å². The highest BCUT2D eigenvalue weighted by molar-refractivity contribution is 9.10. The van der Waals surface area contributed by atoms with Gasteiger partial charge in [0.05, 0.1) is 12.2 Å². The molecular formula is C16H14BrN3O. The van der Waals surface area contributed by atoms with Gasteiger partial charge in [0.1, 0.15) is 0 Å². The summed E-state index contributed by atoms with van der Waals surface area (Å²) < 4.78 is 2.75. The first-order chi connectivity index (χ1) is 10.1. The molecule has 3 rings (SSSR count). The molecule has 0 fully saturated rings. The molecule has 0 spiro atoms. The number of rotatable bonds is 3. The van der Waals surface area contributed by atoms with Crippen LogP contribution in [-0.2, 0) is 13.6 Å². The molecule has 21 heavy (non-hydrogen) atoms. The summed E-state index contributed by atoms with van der Waals surface area (Å²) >= 11 is 3.44. The van der Waals surface area contributed by atoms with Crippen molar-refractivity contribution in [1.29, 1.82) is 0 Å². The van der Waals surface area contributed by atoms with Crippen LogP contribution < -0.4 is 5.32 Å². The van der Waals surface area contributed by atoms with Gasteiger partial charge in [-0.25, -0.2) is 0 Å². The number of carbonyl (C=O) groups is 1. The predicted octanol–water partition coefficient (Wildman–Crippen LogP) is 3.27.